The van der Waals surface area contributed by atoms with Gasteiger partial charge in [-0.2, -0.15) is 0 Å². The summed E-state index contributed by atoms with van der Waals surface area (Å²) in [7, 11) is 0. The van der Waals surface area contributed by atoms with E-state index < -0.39 is 0 Å². The van der Waals surface area contributed by atoms with E-state index in [4.69, 9.17) is 5.73 Å². The van der Waals surface area contributed by atoms with Crippen molar-refractivity contribution >= 4 is 5.91 Å². The second-order valence-corrected chi connectivity index (χ2v) is 5.24. The second kappa shape index (κ2) is 8.57. The van der Waals surface area contributed by atoms with Gasteiger partial charge in [0.15, 0.2) is 0 Å². The van der Waals surface area contributed by atoms with Crippen LogP contribution in [0.4, 0.5) is 0 Å². The van der Waals surface area contributed by atoms with Crippen molar-refractivity contribution in [1.82, 2.24) is 0 Å². The highest BCUT2D eigenvalue weighted by molar-refractivity contribution is 5.73. The standard InChI is InChI=1S/C16H25NO2/c1-2-5-13(6-3-4-7-16(17)19)12-14-8-10-15(18)11-9-14/h8-11,13,18H,2-7,12H2,1H3,(H2,17,19). The van der Waals surface area contributed by atoms with Crippen molar-refractivity contribution in [1.29, 1.82) is 0 Å². The van der Waals surface area contributed by atoms with E-state index in [1.807, 2.05) is 12.1 Å². The number of unbranched alkanes of at least 4 members (excludes halogenated alkanes) is 1. The van der Waals surface area contributed by atoms with Crippen LogP contribution in [-0.2, 0) is 11.2 Å². The Kier molecular flexibility index (Phi) is 7.01. The van der Waals surface area contributed by atoms with Gasteiger partial charge in [-0.1, -0.05) is 44.7 Å². The van der Waals surface area contributed by atoms with Crippen LogP contribution in [-0.4, -0.2) is 11.0 Å². The molecule has 0 saturated heterocycles. The van der Waals surface area contributed by atoms with Crippen LogP contribution < -0.4 is 5.73 Å². The molecule has 1 amide bonds. The minimum atomic E-state index is -0.203. The van der Waals surface area contributed by atoms with E-state index >= 15 is 0 Å². The Labute approximate surface area is 115 Å². The van der Waals surface area contributed by atoms with Crippen molar-refractivity contribution in [2.24, 2.45) is 11.7 Å². The number of phenolic OH excluding ortho intramolecular Hbond substituents is 1. The number of nitrogens with two attached hydrogens (primary N) is 1. The van der Waals surface area contributed by atoms with Gasteiger partial charge in [-0.25, -0.2) is 0 Å². The predicted molar refractivity (Wildman–Crippen MR) is 77.9 cm³/mol. The van der Waals surface area contributed by atoms with Crippen LogP contribution in [0.1, 0.15) is 51.0 Å². The largest absolute Gasteiger partial charge is 0.508 e. The first-order chi connectivity index (χ1) is 9.11. The number of benzene rings is 1. The van der Waals surface area contributed by atoms with E-state index in [2.05, 4.69) is 6.92 Å². The highest BCUT2D eigenvalue weighted by Crippen LogP contribution is 2.21. The molecule has 0 spiro atoms. The minimum Gasteiger partial charge on any atom is -0.508 e. The maximum absolute atomic E-state index is 10.7. The first-order valence-corrected chi connectivity index (χ1v) is 7.18. The Hall–Kier alpha value is -1.51. The monoisotopic (exact) mass is 263 g/mol. The van der Waals surface area contributed by atoms with Gasteiger partial charge in [0.25, 0.3) is 0 Å². The molecule has 1 atom stereocenters. The molecular weight excluding hydrogens is 238 g/mol. The zero-order valence-corrected chi connectivity index (χ0v) is 11.8. The average Bonchev–Trinajstić information content (AvgIpc) is 2.37. The third-order valence-corrected chi connectivity index (χ3v) is 3.44. The van der Waals surface area contributed by atoms with Gasteiger partial charge < -0.3 is 10.8 Å². The van der Waals surface area contributed by atoms with E-state index in [0.29, 0.717) is 18.1 Å². The molecular formula is C16H25NO2. The summed E-state index contributed by atoms with van der Waals surface area (Å²) in [6.45, 7) is 2.20. The lowest BCUT2D eigenvalue weighted by Gasteiger charge is -2.16. The lowest BCUT2D eigenvalue weighted by molar-refractivity contribution is -0.118. The number of carbonyl (C=O) groups is 1. The summed E-state index contributed by atoms with van der Waals surface area (Å²) in [5, 5.41) is 9.28. The zero-order chi connectivity index (χ0) is 14.1. The van der Waals surface area contributed by atoms with Crippen molar-refractivity contribution in [2.75, 3.05) is 0 Å². The van der Waals surface area contributed by atoms with Crippen molar-refractivity contribution in [2.45, 2.75) is 51.9 Å². The van der Waals surface area contributed by atoms with Crippen molar-refractivity contribution in [3.8, 4) is 5.75 Å². The molecule has 1 unspecified atom stereocenters. The second-order valence-electron chi connectivity index (χ2n) is 5.24. The van der Waals surface area contributed by atoms with Crippen LogP contribution in [0.15, 0.2) is 24.3 Å². The summed E-state index contributed by atoms with van der Waals surface area (Å²) in [5.74, 6) is 0.769. The summed E-state index contributed by atoms with van der Waals surface area (Å²) >= 11 is 0. The van der Waals surface area contributed by atoms with E-state index in [1.165, 1.54) is 18.4 Å². The molecule has 0 bridgehead atoms. The molecule has 3 heteroatoms. The smallest absolute Gasteiger partial charge is 0.217 e. The van der Waals surface area contributed by atoms with Crippen LogP contribution in [0.2, 0.25) is 0 Å². The number of primary amides is 1. The molecule has 0 aliphatic rings. The van der Waals surface area contributed by atoms with Gasteiger partial charge in [0, 0.05) is 6.42 Å². The van der Waals surface area contributed by atoms with Crippen LogP contribution in [0.5, 0.6) is 5.75 Å². The summed E-state index contributed by atoms with van der Waals surface area (Å²) in [6, 6.07) is 7.46. The fourth-order valence-corrected chi connectivity index (χ4v) is 2.45. The molecule has 3 N–H and O–H groups in total. The Morgan fingerprint density at radius 1 is 1.21 bits per heavy atom. The number of hydrogen-bond donors (Lipinski definition) is 2. The van der Waals surface area contributed by atoms with Crippen LogP contribution in [0.3, 0.4) is 0 Å². The summed E-state index contributed by atoms with van der Waals surface area (Å²) in [6.07, 6.45) is 7.03. The molecule has 0 aromatic heterocycles. The summed E-state index contributed by atoms with van der Waals surface area (Å²) in [5.41, 5.74) is 6.41. The van der Waals surface area contributed by atoms with Gasteiger partial charge >= 0.3 is 0 Å². The molecule has 0 fully saturated rings. The third kappa shape index (κ3) is 6.85. The normalized spacial score (nSPS) is 12.3. The Morgan fingerprint density at radius 3 is 2.47 bits per heavy atom. The first kappa shape index (κ1) is 15.5. The Bertz CT molecular complexity index is 373. The van der Waals surface area contributed by atoms with E-state index in [-0.39, 0.29) is 5.91 Å². The summed E-state index contributed by atoms with van der Waals surface area (Å²) < 4.78 is 0. The fourth-order valence-electron chi connectivity index (χ4n) is 2.45. The molecule has 1 rings (SSSR count). The van der Waals surface area contributed by atoms with Gasteiger partial charge in [0.1, 0.15) is 5.75 Å². The zero-order valence-electron chi connectivity index (χ0n) is 11.8. The molecule has 19 heavy (non-hydrogen) atoms. The Balaban J connectivity index is 2.39. The van der Waals surface area contributed by atoms with E-state index in [9.17, 15) is 9.90 Å². The van der Waals surface area contributed by atoms with Gasteiger partial charge in [-0.3, -0.25) is 4.79 Å². The lowest BCUT2D eigenvalue weighted by Crippen LogP contribution is -2.10. The van der Waals surface area contributed by atoms with Crippen LogP contribution >= 0.6 is 0 Å². The minimum absolute atomic E-state index is 0.203. The van der Waals surface area contributed by atoms with Crippen molar-refractivity contribution in [3.63, 3.8) is 0 Å². The van der Waals surface area contributed by atoms with Crippen LogP contribution in [0.25, 0.3) is 0 Å². The SMILES string of the molecule is CCCC(CCCCC(N)=O)Cc1ccc(O)cc1. The molecule has 3 nitrogen and oxygen atoms in total. The topological polar surface area (TPSA) is 63.3 Å². The first-order valence-electron chi connectivity index (χ1n) is 7.18. The number of phenols is 1. The third-order valence-electron chi connectivity index (χ3n) is 3.44. The van der Waals surface area contributed by atoms with Gasteiger partial charge in [0.2, 0.25) is 5.91 Å². The highest BCUT2D eigenvalue weighted by atomic mass is 16.3. The van der Waals surface area contributed by atoms with Crippen LogP contribution in [0, 0.1) is 5.92 Å². The molecule has 1 aromatic carbocycles. The molecule has 0 saturated carbocycles. The number of rotatable bonds is 9. The fraction of sp³-hybridized carbons (Fsp3) is 0.562. The number of hydrogen-bond acceptors (Lipinski definition) is 2. The molecule has 0 aliphatic carbocycles. The molecule has 0 heterocycles. The number of aromatic hydroxyl groups is 1. The average molecular weight is 263 g/mol. The van der Waals surface area contributed by atoms with Gasteiger partial charge in [0.05, 0.1) is 0 Å². The van der Waals surface area contributed by atoms with E-state index in [0.717, 1.165) is 25.7 Å². The molecule has 106 valence electrons. The van der Waals surface area contributed by atoms with Gasteiger partial charge in [-0.05, 0) is 36.5 Å². The highest BCUT2D eigenvalue weighted by Gasteiger charge is 2.09. The lowest BCUT2D eigenvalue weighted by atomic mass is 9.90. The van der Waals surface area contributed by atoms with Crippen molar-refractivity contribution < 1.29 is 9.90 Å². The molecule has 0 aliphatic heterocycles. The molecule has 0 radical (unpaired) electrons. The van der Waals surface area contributed by atoms with E-state index in [1.54, 1.807) is 12.1 Å². The maximum Gasteiger partial charge on any atom is 0.217 e. The molecule has 1 aromatic rings. The van der Waals surface area contributed by atoms with Gasteiger partial charge in [-0.15, -0.1) is 0 Å². The quantitative estimate of drug-likeness (QED) is 0.671. The number of amides is 1. The predicted octanol–water partition coefficient (Wildman–Crippen LogP) is 3.40. The number of carbonyl (C=O) groups excluding carboxylic acids is 1. The summed E-state index contributed by atoms with van der Waals surface area (Å²) in [4.78, 5) is 10.7. The maximum atomic E-state index is 10.7. The Morgan fingerprint density at radius 2 is 1.89 bits per heavy atom. The van der Waals surface area contributed by atoms with Crippen molar-refractivity contribution in [3.05, 3.63) is 29.8 Å².